The van der Waals surface area contributed by atoms with E-state index in [9.17, 15) is 4.79 Å². The Kier molecular flexibility index (Phi) is 3.23. The molecule has 1 N–H and O–H groups in total. The van der Waals surface area contributed by atoms with Crippen molar-refractivity contribution in [2.24, 2.45) is 0 Å². The summed E-state index contributed by atoms with van der Waals surface area (Å²) in [6.07, 6.45) is 3.48. The quantitative estimate of drug-likeness (QED) is 0.879. The summed E-state index contributed by atoms with van der Waals surface area (Å²) in [6.45, 7) is 4.07. The Bertz CT molecular complexity index is 502. The Morgan fingerprint density at radius 2 is 2.00 bits per heavy atom. The van der Waals surface area contributed by atoms with Crippen LogP contribution in [-0.2, 0) is 0 Å². The third-order valence-electron chi connectivity index (χ3n) is 2.42. The lowest BCUT2D eigenvalue weighted by Crippen LogP contribution is -2.11. The van der Waals surface area contributed by atoms with Gasteiger partial charge in [-0.1, -0.05) is 18.2 Å². The average molecular weight is 229 g/mol. The minimum absolute atomic E-state index is 0.117. The maximum absolute atomic E-state index is 11.8. The van der Waals surface area contributed by atoms with E-state index in [1.165, 1.54) is 0 Å². The summed E-state index contributed by atoms with van der Waals surface area (Å²) >= 11 is 0. The van der Waals surface area contributed by atoms with Crippen LogP contribution in [0.4, 0.5) is 5.69 Å². The minimum Gasteiger partial charge on any atom is -0.319 e. The number of carbonyl (C=O) groups excluding carboxylic acids is 1. The number of anilines is 1. The van der Waals surface area contributed by atoms with Gasteiger partial charge in [-0.3, -0.25) is 9.48 Å². The van der Waals surface area contributed by atoms with E-state index in [-0.39, 0.29) is 11.9 Å². The van der Waals surface area contributed by atoms with Gasteiger partial charge in [0, 0.05) is 17.8 Å². The Hall–Kier alpha value is -2.10. The zero-order valence-corrected chi connectivity index (χ0v) is 9.92. The molecule has 0 radical (unpaired) electrons. The van der Waals surface area contributed by atoms with Crippen LogP contribution >= 0.6 is 0 Å². The summed E-state index contributed by atoms with van der Waals surface area (Å²) in [5.74, 6) is -0.117. The van der Waals surface area contributed by atoms with E-state index in [1.54, 1.807) is 23.0 Å². The normalized spacial score (nSPS) is 10.5. The van der Waals surface area contributed by atoms with Crippen LogP contribution in [0.3, 0.4) is 0 Å². The Morgan fingerprint density at radius 1 is 1.29 bits per heavy atom. The van der Waals surface area contributed by atoms with Crippen molar-refractivity contribution in [1.82, 2.24) is 9.78 Å². The molecule has 0 aliphatic carbocycles. The Morgan fingerprint density at radius 3 is 2.59 bits per heavy atom. The number of nitrogens with one attached hydrogen (secondary N) is 1. The molecule has 1 amide bonds. The molecular weight excluding hydrogens is 214 g/mol. The van der Waals surface area contributed by atoms with Gasteiger partial charge in [-0.25, -0.2) is 0 Å². The summed E-state index contributed by atoms with van der Waals surface area (Å²) in [6, 6.07) is 9.41. The van der Waals surface area contributed by atoms with Crippen molar-refractivity contribution in [1.29, 1.82) is 0 Å². The fourth-order valence-electron chi connectivity index (χ4n) is 1.48. The van der Waals surface area contributed by atoms with E-state index < -0.39 is 0 Å². The van der Waals surface area contributed by atoms with Crippen molar-refractivity contribution in [3.63, 3.8) is 0 Å². The largest absolute Gasteiger partial charge is 0.319 e. The van der Waals surface area contributed by atoms with Gasteiger partial charge in [0.1, 0.15) is 0 Å². The van der Waals surface area contributed by atoms with Gasteiger partial charge in [0.05, 0.1) is 11.9 Å². The van der Waals surface area contributed by atoms with Gasteiger partial charge in [-0.05, 0) is 26.0 Å². The molecule has 1 aromatic carbocycles. The molecule has 2 rings (SSSR count). The zero-order chi connectivity index (χ0) is 12.3. The number of hydrogen-bond acceptors (Lipinski definition) is 2. The summed E-state index contributed by atoms with van der Waals surface area (Å²) in [5.41, 5.74) is 1.36. The van der Waals surface area contributed by atoms with Crippen LogP contribution in [0.25, 0.3) is 0 Å². The second-order valence-electron chi connectivity index (χ2n) is 4.12. The number of rotatable bonds is 3. The first-order chi connectivity index (χ1) is 8.16. The lowest BCUT2D eigenvalue weighted by molar-refractivity contribution is 0.102. The summed E-state index contributed by atoms with van der Waals surface area (Å²) in [4.78, 5) is 11.8. The molecule has 17 heavy (non-hydrogen) atoms. The van der Waals surface area contributed by atoms with Gasteiger partial charge < -0.3 is 5.32 Å². The SMILES string of the molecule is CC(C)n1cc(NC(=O)c2ccccc2)cn1. The molecule has 0 spiro atoms. The number of nitrogens with zero attached hydrogens (tertiary/aromatic N) is 2. The van der Waals surface area contributed by atoms with Crippen LogP contribution in [0.2, 0.25) is 0 Å². The smallest absolute Gasteiger partial charge is 0.255 e. The molecule has 0 atom stereocenters. The molecule has 88 valence electrons. The molecule has 0 fully saturated rings. The fourth-order valence-corrected chi connectivity index (χ4v) is 1.48. The molecule has 0 aliphatic heterocycles. The molecule has 0 bridgehead atoms. The molecule has 0 unspecified atom stereocenters. The van der Waals surface area contributed by atoms with Crippen LogP contribution < -0.4 is 5.32 Å². The van der Waals surface area contributed by atoms with Crippen molar-refractivity contribution in [3.05, 3.63) is 48.3 Å². The maximum Gasteiger partial charge on any atom is 0.255 e. The number of benzene rings is 1. The first-order valence-corrected chi connectivity index (χ1v) is 5.57. The van der Waals surface area contributed by atoms with E-state index in [2.05, 4.69) is 10.4 Å². The van der Waals surface area contributed by atoms with Crippen molar-refractivity contribution in [2.75, 3.05) is 5.32 Å². The van der Waals surface area contributed by atoms with Gasteiger partial charge in [-0.2, -0.15) is 5.10 Å². The second kappa shape index (κ2) is 4.82. The maximum atomic E-state index is 11.8. The number of aromatic nitrogens is 2. The van der Waals surface area contributed by atoms with E-state index in [4.69, 9.17) is 0 Å². The van der Waals surface area contributed by atoms with Crippen LogP contribution in [0, 0.1) is 0 Å². The number of carbonyl (C=O) groups is 1. The lowest BCUT2D eigenvalue weighted by Gasteiger charge is -2.04. The highest BCUT2D eigenvalue weighted by atomic mass is 16.1. The van der Waals surface area contributed by atoms with Gasteiger partial charge >= 0.3 is 0 Å². The molecule has 0 aliphatic rings. The Balaban J connectivity index is 2.08. The average Bonchev–Trinajstić information content (AvgIpc) is 2.79. The molecule has 1 heterocycles. The molecule has 4 heteroatoms. The van der Waals surface area contributed by atoms with Crippen LogP contribution in [-0.4, -0.2) is 15.7 Å². The molecule has 0 saturated carbocycles. The first kappa shape index (κ1) is 11.4. The third kappa shape index (κ3) is 2.72. The van der Waals surface area contributed by atoms with Gasteiger partial charge in [0.25, 0.3) is 5.91 Å². The second-order valence-corrected chi connectivity index (χ2v) is 4.12. The molecule has 0 saturated heterocycles. The topological polar surface area (TPSA) is 46.9 Å². The summed E-state index contributed by atoms with van der Waals surface area (Å²) in [5, 5.41) is 6.98. The molecule has 4 nitrogen and oxygen atoms in total. The minimum atomic E-state index is -0.117. The van der Waals surface area contributed by atoms with Gasteiger partial charge in [0.15, 0.2) is 0 Å². The summed E-state index contributed by atoms with van der Waals surface area (Å²) in [7, 11) is 0. The number of amides is 1. The standard InChI is InChI=1S/C13H15N3O/c1-10(2)16-9-12(8-14-16)15-13(17)11-6-4-3-5-7-11/h3-10H,1-2H3,(H,15,17). The highest BCUT2D eigenvalue weighted by Gasteiger charge is 2.07. The van der Waals surface area contributed by atoms with E-state index in [1.807, 2.05) is 38.2 Å². The third-order valence-corrected chi connectivity index (χ3v) is 2.42. The van der Waals surface area contributed by atoms with E-state index in [0.29, 0.717) is 11.3 Å². The van der Waals surface area contributed by atoms with Crippen molar-refractivity contribution >= 4 is 11.6 Å². The van der Waals surface area contributed by atoms with Crippen LogP contribution in [0.5, 0.6) is 0 Å². The zero-order valence-electron chi connectivity index (χ0n) is 9.92. The monoisotopic (exact) mass is 229 g/mol. The lowest BCUT2D eigenvalue weighted by atomic mass is 10.2. The van der Waals surface area contributed by atoms with E-state index >= 15 is 0 Å². The van der Waals surface area contributed by atoms with Crippen LogP contribution in [0.1, 0.15) is 30.2 Å². The summed E-state index contributed by atoms with van der Waals surface area (Å²) < 4.78 is 1.81. The molecular formula is C13H15N3O. The van der Waals surface area contributed by atoms with Crippen molar-refractivity contribution < 1.29 is 4.79 Å². The van der Waals surface area contributed by atoms with Gasteiger partial charge in [0.2, 0.25) is 0 Å². The molecule has 2 aromatic rings. The van der Waals surface area contributed by atoms with E-state index in [0.717, 1.165) is 0 Å². The van der Waals surface area contributed by atoms with Crippen molar-refractivity contribution in [3.8, 4) is 0 Å². The van der Waals surface area contributed by atoms with Gasteiger partial charge in [-0.15, -0.1) is 0 Å². The van der Waals surface area contributed by atoms with Crippen molar-refractivity contribution in [2.45, 2.75) is 19.9 Å². The fraction of sp³-hybridized carbons (Fsp3) is 0.231. The Labute approximate surface area is 100 Å². The number of hydrogen-bond donors (Lipinski definition) is 1. The highest BCUT2D eigenvalue weighted by molar-refractivity contribution is 6.04. The first-order valence-electron chi connectivity index (χ1n) is 5.57. The highest BCUT2D eigenvalue weighted by Crippen LogP contribution is 2.11. The molecule has 1 aromatic heterocycles. The predicted octanol–water partition coefficient (Wildman–Crippen LogP) is 2.72. The predicted molar refractivity (Wildman–Crippen MR) is 67.0 cm³/mol. The van der Waals surface area contributed by atoms with Crippen LogP contribution in [0.15, 0.2) is 42.7 Å².